The molecule has 0 aliphatic heterocycles. The summed E-state index contributed by atoms with van der Waals surface area (Å²) in [5, 5.41) is 5.28. The van der Waals surface area contributed by atoms with Crippen molar-refractivity contribution in [3.8, 4) is 0 Å². The summed E-state index contributed by atoms with van der Waals surface area (Å²) in [6, 6.07) is 6.61. The van der Waals surface area contributed by atoms with Crippen LogP contribution in [0.4, 0.5) is 18.9 Å². The molecule has 0 fully saturated rings. The molecule has 0 radical (unpaired) electrons. The third kappa shape index (κ3) is 5.88. The fourth-order valence-electron chi connectivity index (χ4n) is 1.19. The molecular formula is C11H12ClF3N2O. The fourth-order valence-corrected chi connectivity index (χ4v) is 1.37. The van der Waals surface area contributed by atoms with E-state index >= 15 is 0 Å². The highest BCUT2D eigenvalue weighted by Gasteiger charge is 2.26. The van der Waals surface area contributed by atoms with E-state index in [2.05, 4.69) is 10.6 Å². The topological polar surface area (TPSA) is 41.1 Å². The molecule has 0 heterocycles. The number of hydrogen-bond acceptors (Lipinski definition) is 2. The highest BCUT2D eigenvalue weighted by molar-refractivity contribution is 6.33. The first-order chi connectivity index (χ1) is 8.38. The van der Waals surface area contributed by atoms with Gasteiger partial charge in [0.25, 0.3) is 0 Å². The molecule has 0 saturated heterocycles. The van der Waals surface area contributed by atoms with Gasteiger partial charge in [-0.3, -0.25) is 4.79 Å². The molecule has 0 spiro atoms. The smallest absolute Gasteiger partial charge is 0.324 e. The highest BCUT2D eigenvalue weighted by Crippen LogP contribution is 2.20. The Balaban J connectivity index is 2.29. The van der Waals surface area contributed by atoms with Crippen LogP contribution in [0.5, 0.6) is 0 Å². The van der Waals surface area contributed by atoms with Crippen molar-refractivity contribution in [3.63, 3.8) is 0 Å². The van der Waals surface area contributed by atoms with E-state index in [9.17, 15) is 18.0 Å². The number of carbonyl (C=O) groups excluding carboxylic acids is 1. The maximum absolute atomic E-state index is 11.8. The summed E-state index contributed by atoms with van der Waals surface area (Å²) in [5.41, 5.74) is 0.432. The number of nitrogens with one attached hydrogen (secondary N) is 2. The SMILES string of the molecule is O=C(CNCCC(F)(F)F)Nc1ccccc1Cl. The Morgan fingerprint density at radius 2 is 1.94 bits per heavy atom. The fraction of sp³-hybridized carbons (Fsp3) is 0.364. The second-order valence-corrected chi connectivity index (χ2v) is 3.98. The summed E-state index contributed by atoms with van der Waals surface area (Å²) in [7, 11) is 0. The summed E-state index contributed by atoms with van der Waals surface area (Å²) < 4.78 is 35.5. The van der Waals surface area contributed by atoms with Crippen LogP contribution in [0, 0.1) is 0 Å². The number of rotatable bonds is 5. The van der Waals surface area contributed by atoms with E-state index in [1.54, 1.807) is 24.3 Å². The average Bonchev–Trinajstić information content (AvgIpc) is 2.26. The van der Waals surface area contributed by atoms with E-state index in [4.69, 9.17) is 11.6 Å². The molecule has 0 bridgehead atoms. The second-order valence-electron chi connectivity index (χ2n) is 3.57. The Kier molecular flexibility index (Phi) is 5.43. The van der Waals surface area contributed by atoms with E-state index in [0.29, 0.717) is 10.7 Å². The molecule has 1 amide bonds. The van der Waals surface area contributed by atoms with Crippen molar-refractivity contribution in [1.29, 1.82) is 0 Å². The van der Waals surface area contributed by atoms with Crippen molar-refractivity contribution in [3.05, 3.63) is 29.3 Å². The molecule has 0 aliphatic carbocycles. The van der Waals surface area contributed by atoms with Gasteiger partial charge in [-0.1, -0.05) is 23.7 Å². The number of benzene rings is 1. The van der Waals surface area contributed by atoms with Gasteiger partial charge in [-0.25, -0.2) is 0 Å². The van der Waals surface area contributed by atoms with Gasteiger partial charge >= 0.3 is 6.18 Å². The first-order valence-corrected chi connectivity index (χ1v) is 5.58. The third-order valence-electron chi connectivity index (χ3n) is 2.02. The van der Waals surface area contributed by atoms with Crippen molar-refractivity contribution in [2.45, 2.75) is 12.6 Å². The van der Waals surface area contributed by atoms with E-state index in [1.807, 2.05) is 0 Å². The number of amides is 1. The van der Waals surface area contributed by atoms with Gasteiger partial charge in [-0.15, -0.1) is 0 Å². The molecule has 1 aromatic rings. The molecule has 0 aromatic heterocycles. The van der Waals surface area contributed by atoms with Crippen LogP contribution in [0.3, 0.4) is 0 Å². The van der Waals surface area contributed by atoms with Gasteiger partial charge in [-0.05, 0) is 12.1 Å². The number of anilines is 1. The minimum atomic E-state index is -4.22. The number of halogens is 4. The average molecular weight is 281 g/mol. The van der Waals surface area contributed by atoms with Crippen LogP contribution in [-0.4, -0.2) is 25.2 Å². The first kappa shape index (κ1) is 14.8. The molecule has 7 heteroatoms. The predicted molar refractivity (Wildman–Crippen MR) is 63.6 cm³/mol. The van der Waals surface area contributed by atoms with Crippen LogP contribution in [0.2, 0.25) is 5.02 Å². The normalized spacial score (nSPS) is 11.3. The lowest BCUT2D eigenvalue weighted by Gasteiger charge is -2.09. The van der Waals surface area contributed by atoms with Crippen LogP contribution >= 0.6 is 11.6 Å². The van der Waals surface area contributed by atoms with Crippen molar-refractivity contribution < 1.29 is 18.0 Å². The lowest BCUT2D eigenvalue weighted by molar-refractivity contribution is -0.134. The number of alkyl halides is 3. The van der Waals surface area contributed by atoms with Crippen LogP contribution < -0.4 is 10.6 Å². The lowest BCUT2D eigenvalue weighted by atomic mass is 10.3. The van der Waals surface area contributed by atoms with Gasteiger partial charge in [0.2, 0.25) is 5.91 Å². The molecule has 0 atom stereocenters. The van der Waals surface area contributed by atoms with Crippen LogP contribution in [0.25, 0.3) is 0 Å². The summed E-state index contributed by atoms with van der Waals surface area (Å²) >= 11 is 5.81. The minimum Gasteiger partial charge on any atom is -0.324 e. The number of para-hydroxylation sites is 1. The van der Waals surface area contributed by atoms with E-state index < -0.39 is 18.5 Å². The number of carbonyl (C=O) groups is 1. The Bertz CT molecular complexity index is 410. The van der Waals surface area contributed by atoms with Gasteiger partial charge in [0, 0.05) is 6.54 Å². The van der Waals surface area contributed by atoms with E-state index in [-0.39, 0.29) is 13.1 Å². The molecule has 0 unspecified atom stereocenters. The predicted octanol–water partition coefficient (Wildman–Crippen LogP) is 2.82. The van der Waals surface area contributed by atoms with Gasteiger partial charge in [0.05, 0.1) is 23.7 Å². The Morgan fingerprint density at radius 3 is 2.56 bits per heavy atom. The molecule has 1 aromatic carbocycles. The molecule has 1 rings (SSSR count). The second kappa shape index (κ2) is 6.61. The zero-order chi connectivity index (χ0) is 13.6. The van der Waals surface area contributed by atoms with Crippen molar-refractivity contribution >= 4 is 23.2 Å². The Labute approximate surface area is 107 Å². The summed E-state index contributed by atoms with van der Waals surface area (Å²) in [6.45, 7) is -0.485. The monoisotopic (exact) mass is 280 g/mol. The van der Waals surface area contributed by atoms with Gasteiger partial charge in [0.15, 0.2) is 0 Å². The number of hydrogen-bond donors (Lipinski definition) is 2. The Morgan fingerprint density at radius 1 is 1.28 bits per heavy atom. The van der Waals surface area contributed by atoms with Gasteiger partial charge in [-0.2, -0.15) is 13.2 Å². The summed E-state index contributed by atoms with van der Waals surface area (Å²) in [6.07, 6.45) is -5.18. The molecule has 0 aliphatic rings. The van der Waals surface area contributed by atoms with Crippen molar-refractivity contribution in [2.24, 2.45) is 0 Å². The maximum Gasteiger partial charge on any atom is 0.390 e. The van der Waals surface area contributed by atoms with Crippen molar-refractivity contribution in [1.82, 2.24) is 5.32 Å². The van der Waals surface area contributed by atoms with Gasteiger partial charge < -0.3 is 10.6 Å². The van der Waals surface area contributed by atoms with Crippen LogP contribution in [0.15, 0.2) is 24.3 Å². The zero-order valence-electron chi connectivity index (χ0n) is 9.35. The molecule has 3 nitrogen and oxygen atoms in total. The molecule has 2 N–H and O–H groups in total. The van der Waals surface area contributed by atoms with Gasteiger partial charge in [0.1, 0.15) is 0 Å². The largest absolute Gasteiger partial charge is 0.390 e. The summed E-state index contributed by atoms with van der Waals surface area (Å²) in [4.78, 5) is 11.4. The summed E-state index contributed by atoms with van der Waals surface area (Å²) in [5.74, 6) is -0.440. The highest BCUT2D eigenvalue weighted by atomic mass is 35.5. The standard InChI is InChI=1S/C11H12ClF3N2O/c12-8-3-1-2-4-9(8)17-10(18)7-16-6-5-11(13,14)15/h1-4,16H,5-7H2,(H,17,18). The zero-order valence-corrected chi connectivity index (χ0v) is 10.1. The quantitative estimate of drug-likeness (QED) is 0.815. The van der Waals surface area contributed by atoms with Crippen LogP contribution in [-0.2, 0) is 4.79 Å². The first-order valence-electron chi connectivity index (χ1n) is 5.20. The Hall–Kier alpha value is -1.27. The molecule has 18 heavy (non-hydrogen) atoms. The van der Waals surface area contributed by atoms with Crippen molar-refractivity contribution in [2.75, 3.05) is 18.4 Å². The lowest BCUT2D eigenvalue weighted by Crippen LogP contribution is -2.30. The molecular weight excluding hydrogens is 269 g/mol. The third-order valence-corrected chi connectivity index (χ3v) is 2.35. The van der Waals surface area contributed by atoms with E-state index in [0.717, 1.165) is 0 Å². The molecule has 0 saturated carbocycles. The molecule has 100 valence electrons. The maximum atomic E-state index is 11.8. The van der Waals surface area contributed by atoms with E-state index in [1.165, 1.54) is 0 Å². The van der Waals surface area contributed by atoms with Crippen LogP contribution in [0.1, 0.15) is 6.42 Å². The minimum absolute atomic E-state index is 0.193.